The zero-order chi connectivity index (χ0) is 18.6. The highest BCUT2D eigenvalue weighted by molar-refractivity contribution is 7.91. The van der Waals surface area contributed by atoms with Crippen molar-refractivity contribution in [3.05, 3.63) is 58.3 Å². The summed E-state index contributed by atoms with van der Waals surface area (Å²) in [4.78, 5) is 15.5. The van der Waals surface area contributed by atoms with Gasteiger partial charge in [-0.25, -0.2) is 8.42 Å². The molecule has 1 unspecified atom stereocenters. The second-order valence-corrected chi connectivity index (χ2v) is 9.47. The molecule has 1 aliphatic rings. The molecular weight excluding hydrogens is 370 g/mol. The molecule has 26 heavy (non-hydrogen) atoms. The molecule has 1 fully saturated rings. The second kappa shape index (κ2) is 8.05. The normalized spacial score (nSPS) is 18.9. The number of hydrogen-bond acceptors (Lipinski definition) is 5. The number of amides is 1. The number of methoxy groups -OCH3 is 1. The maximum Gasteiger partial charge on any atom is 0.247 e. The highest BCUT2D eigenvalue weighted by Crippen LogP contribution is 2.22. The number of benzene rings is 1. The molecule has 0 saturated carbocycles. The van der Waals surface area contributed by atoms with Gasteiger partial charge in [-0.15, -0.1) is 11.3 Å². The van der Waals surface area contributed by atoms with Gasteiger partial charge < -0.3 is 9.64 Å². The second-order valence-electron chi connectivity index (χ2n) is 6.21. The van der Waals surface area contributed by atoms with E-state index < -0.39 is 9.84 Å². The van der Waals surface area contributed by atoms with Crippen LogP contribution in [0.1, 0.15) is 16.9 Å². The van der Waals surface area contributed by atoms with E-state index in [1.54, 1.807) is 29.4 Å². The first-order valence-electron chi connectivity index (χ1n) is 8.32. The molecule has 1 aliphatic heterocycles. The molecule has 1 aromatic carbocycles. The van der Waals surface area contributed by atoms with Crippen LogP contribution >= 0.6 is 11.3 Å². The third kappa shape index (κ3) is 4.74. The molecule has 0 N–H and O–H groups in total. The zero-order valence-electron chi connectivity index (χ0n) is 14.5. The van der Waals surface area contributed by atoms with Gasteiger partial charge in [0.25, 0.3) is 0 Å². The monoisotopic (exact) mass is 391 g/mol. The van der Waals surface area contributed by atoms with Gasteiger partial charge >= 0.3 is 0 Å². The molecular formula is C19H21NO4S2. The molecule has 7 heteroatoms. The van der Waals surface area contributed by atoms with Gasteiger partial charge in [-0.1, -0.05) is 18.2 Å². The number of nitrogens with zero attached hydrogens (tertiary/aromatic N) is 1. The minimum Gasteiger partial charge on any atom is -0.497 e. The lowest BCUT2D eigenvalue weighted by Crippen LogP contribution is -2.39. The van der Waals surface area contributed by atoms with Crippen molar-refractivity contribution in [3.63, 3.8) is 0 Å². The predicted octanol–water partition coefficient (Wildman–Crippen LogP) is 2.99. The van der Waals surface area contributed by atoms with Crippen LogP contribution in [-0.4, -0.2) is 43.9 Å². The average molecular weight is 392 g/mol. The SMILES string of the molecule is COc1ccc(/C=C/C(=O)N(Cc2cccs2)C2CCS(=O)(=O)C2)cc1. The van der Waals surface area contributed by atoms with Gasteiger partial charge in [0.15, 0.2) is 9.84 Å². The molecule has 2 heterocycles. The zero-order valence-corrected chi connectivity index (χ0v) is 16.1. The number of thiophene rings is 1. The summed E-state index contributed by atoms with van der Waals surface area (Å²) in [5.74, 6) is 0.773. The van der Waals surface area contributed by atoms with Crippen LogP contribution in [0.15, 0.2) is 47.9 Å². The van der Waals surface area contributed by atoms with E-state index in [0.717, 1.165) is 16.2 Å². The molecule has 0 spiro atoms. The fraction of sp³-hybridized carbons (Fsp3) is 0.316. The maximum absolute atomic E-state index is 12.8. The van der Waals surface area contributed by atoms with Gasteiger partial charge in [0.2, 0.25) is 5.91 Å². The molecule has 2 aromatic rings. The van der Waals surface area contributed by atoms with Crippen molar-refractivity contribution in [2.75, 3.05) is 18.6 Å². The van der Waals surface area contributed by atoms with Crippen LogP contribution in [0.2, 0.25) is 0 Å². The first kappa shape index (κ1) is 18.7. The van der Waals surface area contributed by atoms with Gasteiger partial charge in [-0.2, -0.15) is 0 Å². The topological polar surface area (TPSA) is 63.7 Å². The fourth-order valence-electron chi connectivity index (χ4n) is 2.96. The average Bonchev–Trinajstić information content (AvgIpc) is 3.27. The lowest BCUT2D eigenvalue weighted by atomic mass is 10.1. The standard InChI is InChI=1S/C19H21NO4S2/c1-24-17-7-4-15(5-8-17)6-9-19(21)20(13-18-3-2-11-25-18)16-10-12-26(22,23)14-16/h2-9,11,16H,10,12-14H2,1H3/b9-6+. The van der Waals surface area contributed by atoms with Gasteiger partial charge in [0, 0.05) is 17.0 Å². The Morgan fingerprint density at radius 1 is 1.31 bits per heavy atom. The highest BCUT2D eigenvalue weighted by Gasteiger charge is 2.34. The van der Waals surface area contributed by atoms with Crippen LogP contribution in [-0.2, 0) is 21.2 Å². The van der Waals surface area contributed by atoms with E-state index in [1.807, 2.05) is 41.8 Å². The Labute approximate surface area is 157 Å². The fourth-order valence-corrected chi connectivity index (χ4v) is 5.39. The van der Waals surface area contributed by atoms with Gasteiger partial charge in [0.05, 0.1) is 25.2 Å². The van der Waals surface area contributed by atoms with E-state index in [4.69, 9.17) is 4.74 Å². The number of ether oxygens (including phenoxy) is 1. The van der Waals surface area contributed by atoms with E-state index in [1.165, 1.54) is 6.08 Å². The Morgan fingerprint density at radius 2 is 2.08 bits per heavy atom. The number of hydrogen-bond donors (Lipinski definition) is 0. The lowest BCUT2D eigenvalue weighted by Gasteiger charge is -2.26. The molecule has 1 aromatic heterocycles. The van der Waals surface area contributed by atoms with Crippen LogP contribution in [0, 0.1) is 0 Å². The van der Waals surface area contributed by atoms with E-state index in [0.29, 0.717) is 13.0 Å². The third-order valence-electron chi connectivity index (χ3n) is 4.37. The summed E-state index contributed by atoms with van der Waals surface area (Å²) < 4.78 is 28.8. The lowest BCUT2D eigenvalue weighted by molar-refractivity contribution is -0.128. The van der Waals surface area contributed by atoms with Crippen LogP contribution in [0.5, 0.6) is 5.75 Å². The minimum atomic E-state index is -3.06. The van der Waals surface area contributed by atoms with Gasteiger partial charge in [-0.05, 0) is 41.6 Å². The highest BCUT2D eigenvalue weighted by atomic mass is 32.2. The Morgan fingerprint density at radius 3 is 2.65 bits per heavy atom. The molecule has 1 amide bonds. The third-order valence-corrected chi connectivity index (χ3v) is 6.98. The number of sulfone groups is 1. The van der Waals surface area contributed by atoms with Crippen LogP contribution in [0.3, 0.4) is 0 Å². The summed E-state index contributed by atoms with van der Waals surface area (Å²) in [6.45, 7) is 0.434. The van der Waals surface area contributed by atoms with E-state index in [-0.39, 0.29) is 23.5 Å². The summed E-state index contributed by atoms with van der Waals surface area (Å²) in [5.41, 5.74) is 0.884. The number of carbonyl (C=O) groups is 1. The first-order valence-corrected chi connectivity index (χ1v) is 11.0. The van der Waals surface area contributed by atoms with Crippen LogP contribution in [0.4, 0.5) is 0 Å². The summed E-state index contributed by atoms with van der Waals surface area (Å²) in [5, 5.41) is 1.95. The van der Waals surface area contributed by atoms with Crippen molar-refractivity contribution in [1.82, 2.24) is 4.90 Å². The van der Waals surface area contributed by atoms with Crippen molar-refractivity contribution >= 4 is 33.2 Å². The van der Waals surface area contributed by atoms with Crippen molar-refractivity contribution in [2.45, 2.75) is 19.0 Å². The molecule has 0 aliphatic carbocycles. The Bertz CT molecular complexity index is 871. The molecule has 1 atom stereocenters. The van der Waals surface area contributed by atoms with Crippen LogP contribution in [0.25, 0.3) is 6.08 Å². The first-order chi connectivity index (χ1) is 12.5. The molecule has 138 valence electrons. The quantitative estimate of drug-likeness (QED) is 0.710. The predicted molar refractivity (Wildman–Crippen MR) is 104 cm³/mol. The van der Waals surface area contributed by atoms with Crippen molar-refractivity contribution in [3.8, 4) is 5.75 Å². The molecule has 0 radical (unpaired) electrons. The number of rotatable bonds is 6. The van der Waals surface area contributed by atoms with Crippen molar-refractivity contribution in [1.29, 1.82) is 0 Å². The van der Waals surface area contributed by atoms with Crippen molar-refractivity contribution in [2.24, 2.45) is 0 Å². The molecule has 1 saturated heterocycles. The van der Waals surface area contributed by atoms with Gasteiger partial charge in [-0.3, -0.25) is 4.79 Å². The smallest absolute Gasteiger partial charge is 0.247 e. The Hall–Kier alpha value is -2.12. The Balaban J connectivity index is 1.76. The largest absolute Gasteiger partial charge is 0.497 e. The van der Waals surface area contributed by atoms with Gasteiger partial charge in [0.1, 0.15) is 5.75 Å². The summed E-state index contributed by atoms with van der Waals surface area (Å²) >= 11 is 1.56. The summed E-state index contributed by atoms with van der Waals surface area (Å²) in [6.07, 6.45) is 3.75. The van der Waals surface area contributed by atoms with Crippen molar-refractivity contribution < 1.29 is 17.9 Å². The van der Waals surface area contributed by atoms with E-state index in [9.17, 15) is 13.2 Å². The maximum atomic E-state index is 12.8. The Kier molecular flexibility index (Phi) is 5.78. The number of carbonyl (C=O) groups excluding carboxylic acids is 1. The molecule has 0 bridgehead atoms. The van der Waals surface area contributed by atoms with E-state index >= 15 is 0 Å². The van der Waals surface area contributed by atoms with E-state index in [2.05, 4.69) is 0 Å². The minimum absolute atomic E-state index is 0.0422. The van der Waals surface area contributed by atoms with Crippen LogP contribution < -0.4 is 4.74 Å². The summed E-state index contributed by atoms with van der Waals surface area (Å²) in [6, 6.07) is 11.0. The molecule has 3 rings (SSSR count). The summed E-state index contributed by atoms with van der Waals surface area (Å²) in [7, 11) is -1.45. The molecule has 5 nitrogen and oxygen atoms in total.